The van der Waals surface area contributed by atoms with E-state index in [1.54, 1.807) is 0 Å². The summed E-state index contributed by atoms with van der Waals surface area (Å²) in [6.45, 7) is 0.804. The van der Waals surface area contributed by atoms with Gasteiger partial charge in [0.1, 0.15) is 0 Å². The summed E-state index contributed by atoms with van der Waals surface area (Å²) >= 11 is 0. The van der Waals surface area contributed by atoms with E-state index in [1.807, 2.05) is 53.4 Å². The molecule has 0 radical (unpaired) electrons. The van der Waals surface area contributed by atoms with Gasteiger partial charge in [0.15, 0.2) is 0 Å². The zero-order valence-electron chi connectivity index (χ0n) is 12.3. The number of benzene rings is 1. The quantitative estimate of drug-likeness (QED) is 0.909. The van der Waals surface area contributed by atoms with Crippen LogP contribution in [0, 0.1) is 5.92 Å². The average Bonchev–Trinajstić information content (AvgIpc) is 3.08. The van der Waals surface area contributed by atoms with Crippen molar-refractivity contribution in [2.24, 2.45) is 5.92 Å². The van der Waals surface area contributed by atoms with Crippen molar-refractivity contribution in [1.82, 2.24) is 9.88 Å². The minimum Gasteiger partial charge on any atom is -0.352 e. The van der Waals surface area contributed by atoms with Gasteiger partial charge in [-0.15, -0.1) is 0 Å². The molecule has 1 saturated carbocycles. The largest absolute Gasteiger partial charge is 0.352 e. The number of rotatable bonds is 4. The van der Waals surface area contributed by atoms with Crippen LogP contribution in [0.2, 0.25) is 0 Å². The second-order valence-corrected chi connectivity index (χ2v) is 5.82. The molecule has 1 fully saturated rings. The Balaban J connectivity index is 1.70. The van der Waals surface area contributed by atoms with Gasteiger partial charge in [-0.25, -0.2) is 0 Å². The number of hydrogen-bond acceptors (Lipinski definition) is 1. The lowest BCUT2D eigenvalue weighted by Crippen LogP contribution is -2.30. The van der Waals surface area contributed by atoms with Crippen LogP contribution in [-0.4, -0.2) is 17.0 Å². The fourth-order valence-corrected chi connectivity index (χ4v) is 3.11. The van der Waals surface area contributed by atoms with Gasteiger partial charge in [-0.1, -0.05) is 31.4 Å². The lowest BCUT2D eigenvalue weighted by Gasteiger charge is -2.22. The van der Waals surface area contributed by atoms with Crippen LogP contribution in [0.5, 0.6) is 0 Å². The molecule has 0 saturated heterocycles. The van der Waals surface area contributed by atoms with E-state index in [4.69, 9.17) is 0 Å². The molecule has 21 heavy (non-hydrogen) atoms. The summed E-state index contributed by atoms with van der Waals surface area (Å²) in [7, 11) is 0. The highest BCUT2D eigenvalue weighted by Crippen LogP contribution is 2.23. The summed E-state index contributed by atoms with van der Waals surface area (Å²) in [6.07, 6.45) is 10.4. The van der Waals surface area contributed by atoms with Crippen molar-refractivity contribution in [1.29, 1.82) is 0 Å². The van der Waals surface area contributed by atoms with Gasteiger partial charge >= 0.3 is 0 Å². The van der Waals surface area contributed by atoms with Crippen molar-refractivity contribution in [3.8, 4) is 5.69 Å². The average molecular weight is 282 g/mol. The third-order valence-corrected chi connectivity index (χ3v) is 4.31. The molecule has 1 N–H and O–H groups in total. The molecule has 0 aliphatic heterocycles. The minimum absolute atomic E-state index is 0.0323. The molecular weight excluding hydrogens is 260 g/mol. The van der Waals surface area contributed by atoms with E-state index in [1.165, 1.54) is 32.1 Å². The van der Waals surface area contributed by atoms with Crippen LogP contribution < -0.4 is 5.32 Å². The maximum absolute atomic E-state index is 12.5. The molecular formula is C18H22N2O. The Labute approximate surface area is 126 Å². The lowest BCUT2D eigenvalue weighted by molar-refractivity contribution is 0.0943. The van der Waals surface area contributed by atoms with Crippen LogP contribution in [0.1, 0.15) is 42.5 Å². The van der Waals surface area contributed by atoms with Gasteiger partial charge in [-0.05, 0) is 43.0 Å². The van der Waals surface area contributed by atoms with E-state index in [2.05, 4.69) is 5.32 Å². The summed E-state index contributed by atoms with van der Waals surface area (Å²) in [6, 6.07) is 11.7. The van der Waals surface area contributed by atoms with Crippen molar-refractivity contribution in [2.75, 3.05) is 6.54 Å². The Morgan fingerprint density at radius 2 is 1.76 bits per heavy atom. The Bertz CT molecular complexity index is 583. The van der Waals surface area contributed by atoms with Crippen LogP contribution >= 0.6 is 0 Å². The summed E-state index contributed by atoms with van der Waals surface area (Å²) in [4.78, 5) is 12.5. The second kappa shape index (κ2) is 6.61. The van der Waals surface area contributed by atoms with Crippen LogP contribution in [-0.2, 0) is 0 Å². The number of carbonyl (C=O) groups excluding carboxylic acids is 1. The van der Waals surface area contributed by atoms with Crippen molar-refractivity contribution in [3.63, 3.8) is 0 Å². The highest BCUT2D eigenvalue weighted by Gasteiger charge is 2.16. The molecule has 2 aromatic rings. The highest BCUT2D eigenvalue weighted by atomic mass is 16.1. The van der Waals surface area contributed by atoms with Crippen molar-refractivity contribution < 1.29 is 4.79 Å². The molecule has 1 aromatic heterocycles. The van der Waals surface area contributed by atoms with Crippen molar-refractivity contribution >= 4 is 5.91 Å². The Hall–Kier alpha value is -2.03. The van der Waals surface area contributed by atoms with Gasteiger partial charge in [0.2, 0.25) is 0 Å². The Morgan fingerprint density at radius 1 is 1.05 bits per heavy atom. The minimum atomic E-state index is 0.0323. The number of nitrogens with zero attached hydrogens (tertiary/aromatic N) is 1. The molecule has 0 bridgehead atoms. The first-order valence-electron chi connectivity index (χ1n) is 7.85. The fourth-order valence-electron chi connectivity index (χ4n) is 3.11. The zero-order valence-corrected chi connectivity index (χ0v) is 12.3. The smallest absolute Gasteiger partial charge is 0.253 e. The molecule has 0 unspecified atom stereocenters. The van der Waals surface area contributed by atoms with E-state index in [0.29, 0.717) is 5.92 Å². The van der Waals surface area contributed by atoms with Crippen molar-refractivity contribution in [3.05, 3.63) is 54.4 Å². The molecule has 1 heterocycles. The molecule has 0 spiro atoms. The van der Waals surface area contributed by atoms with E-state index in [-0.39, 0.29) is 5.91 Å². The fraction of sp³-hybridized carbons (Fsp3) is 0.389. The standard InChI is InChI=1S/C18H22N2O/c21-18(19-14-15-8-2-1-3-9-15)16-10-4-5-11-17(16)20-12-6-7-13-20/h4-7,10-13,15H,1-3,8-9,14H2,(H,19,21). The highest BCUT2D eigenvalue weighted by molar-refractivity contribution is 5.97. The van der Waals surface area contributed by atoms with E-state index in [9.17, 15) is 4.79 Å². The molecule has 1 aliphatic rings. The van der Waals surface area contributed by atoms with Gasteiger partial charge in [0.25, 0.3) is 5.91 Å². The molecule has 3 heteroatoms. The van der Waals surface area contributed by atoms with Crippen molar-refractivity contribution in [2.45, 2.75) is 32.1 Å². The zero-order chi connectivity index (χ0) is 14.5. The number of hydrogen-bond donors (Lipinski definition) is 1. The number of aromatic nitrogens is 1. The number of nitrogens with one attached hydrogen (secondary N) is 1. The lowest BCUT2D eigenvalue weighted by atomic mass is 9.89. The maximum Gasteiger partial charge on any atom is 0.253 e. The number of para-hydroxylation sites is 1. The van der Waals surface area contributed by atoms with Gasteiger partial charge in [-0.2, -0.15) is 0 Å². The molecule has 1 aliphatic carbocycles. The predicted octanol–water partition coefficient (Wildman–Crippen LogP) is 3.79. The van der Waals surface area contributed by atoms with Crippen LogP contribution in [0.3, 0.4) is 0 Å². The van der Waals surface area contributed by atoms with Gasteiger partial charge < -0.3 is 9.88 Å². The third kappa shape index (κ3) is 3.35. The SMILES string of the molecule is O=C(NCC1CCCCC1)c1ccccc1-n1cccc1. The first kappa shape index (κ1) is 13.9. The van der Waals surface area contributed by atoms with E-state index in [0.717, 1.165) is 17.8 Å². The predicted molar refractivity (Wildman–Crippen MR) is 84.7 cm³/mol. The topological polar surface area (TPSA) is 34.0 Å². The van der Waals surface area contributed by atoms with E-state index >= 15 is 0 Å². The normalized spacial score (nSPS) is 15.8. The Morgan fingerprint density at radius 3 is 2.52 bits per heavy atom. The molecule has 1 aromatic carbocycles. The summed E-state index contributed by atoms with van der Waals surface area (Å²) < 4.78 is 1.98. The molecule has 3 rings (SSSR count). The second-order valence-electron chi connectivity index (χ2n) is 5.82. The third-order valence-electron chi connectivity index (χ3n) is 4.31. The molecule has 110 valence electrons. The summed E-state index contributed by atoms with van der Waals surface area (Å²) in [5.41, 5.74) is 1.67. The van der Waals surface area contributed by atoms with E-state index < -0.39 is 0 Å². The molecule has 0 atom stereocenters. The summed E-state index contributed by atoms with van der Waals surface area (Å²) in [5, 5.41) is 3.12. The number of amides is 1. The summed E-state index contributed by atoms with van der Waals surface area (Å²) in [5.74, 6) is 0.686. The number of carbonyl (C=O) groups is 1. The molecule has 1 amide bonds. The van der Waals surface area contributed by atoms with Crippen LogP contribution in [0.4, 0.5) is 0 Å². The first-order valence-corrected chi connectivity index (χ1v) is 7.85. The molecule has 3 nitrogen and oxygen atoms in total. The maximum atomic E-state index is 12.5. The van der Waals surface area contributed by atoms with Gasteiger partial charge in [0.05, 0.1) is 11.3 Å². The van der Waals surface area contributed by atoms with Gasteiger partial charge in [0, 0.05) is 18.9 Å². The Kier molecular flexibility index (Phi) is 4.39. The van der Waals surface area contributed by atoms with Crippen LogP contribution in [0.15, 0.2) is 48.8 Å². The monoisotopic (exact) mass is 282 g/mol. The van der Waals surface area contributed by atoms with Gasteiger partial charge in [-0.3, -0.25) is 4.79 Å². The first-order chi connectivity index (χ1) is 10.3. The van der Waals surface area contributed by atoms with Crippen LogP contribution in [0.25, 0.3) is 5.69 Å².